The van der Waals surface area contributed by atoms with Crippen LogP contribution in [0.4, 0.5) is 0 Å². The van der Waals surface area contributed by atoms with E-state index in [0.29, 0.717) is 12.5 Å². The Labute approximate surface area is 132 Å². The summed E-state index contributed by atoms with van der Waals surface area (Å²) < 4.78 is 1.28. The van der Waals surface area contributed by atoms with Gasteiger partial charge in [0.25, 0.3) is 0 Å². The average molecular weight is 403 g/mol. The molecule has 0 saturated carbocycles. The number of hydrogen-bond donors (Lipinski definition) is 2. The first-order valence-corrected chi connectivity index (χ1v) is 7.66. The van der Waals surface area contributed by atoms with Gasteiger partial charge in [-0.25, -0.2) is 0 Å². The van der Waals surface area contributed by atoms with Gasteiger partial charge in [0.2, 0.25) is 5.91 Å². The fraction of sp³-hybridized carbons (Fsp3) is 0.583. The number of amides is 1. The number of nitrogens with two attached hydrogens (primary N) is 1. The van der Waals surface area contributed by atoms with Crippen LogP contribution in [-0.4, -0.2) is 18.5 Å². The molecule has 1 aromatic heterocycles. The molecule has 0 aliphatic carbocycles. The van der Waals surface area contributed by atoms with E-state index in [2.05, 4.69) is 53.9 Å². The summed E-state index contributed by atoms with van der Waals surface area (Å²) in [7, 11) is 0. The lowest BCUT2D eigenvalue weighted by Gasteiger charge is -2.13. The van der Waals surface area contributed by atoms with Crippen molar-refractivity contribution in [3.63, 3.8) is 0 Å². The summed E-state index contributed by atoms with van der Waals surface area (Å²) in [4.78, 5) is 12.9. The van der Waals surface area contributed by atoms with E-state index < -0.39 is 0 Å². The van der Waals surface area contributed by atoms with Gasteiger partial charge in [0.1, 0.15) is 0 Å². The van der Waals surface area contributed by atoms with E-state index in [-0.39, 0.29) is 24.4 Å². The standard InChI is InChI=1S/C12H19IN2OS.ClH/c1-8(2)7-10(14)12(16)15-6-5-9-3-4-11(13)17-9;/h3-4,8,10H,5-7,14H2,1-2H3,(H,15,16);1H/t10-;/m0./s1. The van der Waals surface area contributed by atoms with Crippen molar-refractivity contribution in [1.29, 1.82) is 0 Å². The molecule has 1 aromatic rings. The molecule has 0 aliphatic heterocycles. The number of halogens is 2. The largest absolute Gasteiger partial charge is 0.354 e. The third-order valence-corrected chi connectivity index (χ3v) is 4.32. The summed E-state index contributed by atoms with van der Waals surface area (Å²) >= 11 is 4.06. The number of hydrogen-bond acceptors (Lipinski definition) is 3. The molecule has 1 heterocycles. The Bertz CT molecular complexity index is 371. The van der Waals surface area contributed by atoms with E-state index in [9.17, 15) is 4.79 Å². The maximum Gasteiger partial charge on any atom is 0.236 e. The molecule has 0 spiro atoms. The Morgan fingerprint density at radius 2 is 2.17 bits per heavy atom. The molecule has 6 heteroatoms. The predicted molar refractivity (Wildman–Crippen MR) is 88.4 cm³/mol. The van der Waals surface area contributed by atoms with Gasteiger partial charge >= 0.3 is 0 Å². The molecule has 1 amide bonds. The second-order valence-electron chi connectivity index (χ2n) is 4.48. The molecule has 0 bridgehead atoms. The normalized spacial score (nSPS) is 12.1. The highest BCUT2D eigenvalue weighted by molar-refractivity contribution is 14.1. The fourth-order valence-electron chi connectivity index (χ4n) is 1.54. The van der Waals surface area contributed by atoms with Crippen LogP contribution in [0, 0.1) is 8.80 Å². The monoisotopic (exact) mass is 402 g/mol. The van der Waals surface area contributed by atoms with Crippen molar-refractivity contribution < 1.29 is 4.79 Å². The van der Waals surface area contributed by atoms with E-state index >= 15 is 0 Å². The molecule has 0 saturated heterocycles. The Hall–Kier alpha value is 0.150. The van der Waals surface area contributed by atoms with E-state index in [1.807, 2.05) is 0 Å². The van der Waals surface area contributed by atoms with Crippen molar-refractivity contribution in [2.24, 2.45) is 11.7 Å². The summed E-state index contributed by atoms with van der Waals surface area (Å²) in [6.45, 7) is 4.81. The third kappa shape index (κ3) is 6.92. The molecule has 1 atom stereocenters. The third-order valence-electron chi connectivity index (χ3n) is 2.36. The number of carbonyl (C=O) groups excluding carboxylic acids is 1. The highest BCUT2D eigenvalue weighted by Crippen LogP contribution is 2.18. The lowest BCUT2D eigenvalue weighted by molar-refractivity contribution is -0.122. The summed E-state index contributed by atoms with van der Waals surface area (Å²) in [5.74, 6) is 0.416. The van der Waals surface area contributed by atoms with Gasteiger partial charge in [0, 0.05) is 11.4 Å². The number of carbonyl (C=O) groups is 1. The van der Waals surface area contributed by atoms with Crippen molar-refractivity contribution in [2.45, 2.75) is 32.7 Å². The lowest BCUT2D eigenvalue weighted by Crippen LogP contribution is -2.42. The van der Waals surface area contributed by atoms with Crippen molar-refractivity contribution in [3.05, 3.63) is 19.9 Å². The van der Waals surface area contributed by atoms with Crippen LogP contribution < -0.4 is 11.1 Å². The van der Waals surface area contributed by atoms with Crippen LogP contribution >= 0.6 is 46.3 Å². The molecular weight excluding hydrogens is 383 g/mol. The van der Waals surface area contributed by atoms with Gasteiger partial charge in [0.15, 0.2) is 0 Å². The van der Waals surface area contributed by atoms with Crippen molar-refractivity contribution in [1.82, 2.24) is 5.32 Å². The van der Waals surface area contributed by atoms with Crippen LogP contribution in [0.15, 0.2) is 12.1 Å². The molecular formula is C12H20ClIN2OS. The first-order chi connectivity index (χ1) is 7.99. The van der Waals surface area contributed by atoms with E-state index in [1.54, 1.807) is 11.3 Å². The maximum absolute atomic E-state index is 11.6. The Kier molecular flexibility index (Phi) is 9.19. The minimum Gasteiger partial charge on any atom is -0.354 e. The molecule has 0 fully saturated rings. The molecule has 104 valence electrons. The van der Waals surface area contributed by atoms with Crippen LogP contribution in [0.5, 0.6) is 0 Å². The van der Waals surface area contributed by atoms with Crippen LogP contribution in [0.2, 0.25) is 0 Å². The SMILES string of the molecule is CC(C)C[C@H](N)C(=O)NCCc1ccc(I)s1.Cl. The van der Waals surface area contributed by atoms with Crippen molar-refractivity contribution in [3.8, 4) is 0 Å². The van der Waals surface area contributed by atoms with Gasteiger partial charge in [-0.1, -0.05) is 13.8 Å². The number of nitrogens with one attached hydrogen (secondary N) is 1. The Balaban J connectivity index is 0.00000289. The first-order valence-electron chi connectivity index (χ1n) is 5.76. The van der Waals surface area contributed by atoms with Gasteiger partial charge < -0.3 is 11.1 Å². The Morgan fingerprint density at radius 1 is 1.50 bits per heavy atom. The van der Waals surface area contributed by atoms with E-state index in [1.165, 1.54) is 7.76 Å². The summed E-state index contributed by atoms with van der Waals surface area (Å²) in [5.41, 5.74) is 5.79. The number of rotatable bonds is 6. The molecule has 0 unspecified atom stereocenters. The molecule has 0 aromatic carbocycles. The summed E-state index contributed by atoms with van der Waals surface area (Å²) in [5, 5.41) is 2.89. The maximum atomic E-state index is 11.6. The average Bonchev–Trinajstić information content (AvgIpc) is 2.63. The quantitative estimate of drug-likeness (QED) is 0.719. The number of thiophene rings is 1. The van der Waals surface area contributed by atoms with Gasteiger partial charge in [-0.15, -0.1) is 23.7 Å². The van der Waals surface area contributed by atoms with Crippen LogP contribution in [-0.2, 0) is 11.2 Å². The molecule has 0 aliphatic rings. The minimum absolute atomic E-state index is 0. The van der Waals surface area contributed by atoms with Gasteiger partial charge in [0.05, 0.1) is 8.93 Å². The fourth-order valence-corrected chi connectivity index (χ4v) is 3.30. The molecule has 3 N–H and O–H groups in total. The lowest BCUT2D eigenvalue weighted by atomic mass is 10.0. The first kappa shape index (κ1) is 18.1. The second kappa shape index (κ2) is 9.12. The van der Waals surface area contributed by atoms with Crippen LogP contribution in [0.3, 0.4) is 0 Å². The molecule has 3 nitrogen and oxygen atoms in total. The smallest absolute Gasteiger partial charge is 0.236 e. The zero-order chi connectivity index (χ0) is 12.8. The van der Waals surface area contributed by atoms with Crippen molar-refractivity contribution >= 4 is 52.2 Å². The molecule has 1 rings (SSSR count). The molecule has 0 radical (unpaired) electrons. The van der Waals surface area contributed by atoms with Gasteiger partial charge in [-0.3, -0.25) is 4.79 Å². The summed E-state index contributed by atoms with van der Waals surface area (Å²) in [6.07, 6.45) is 1.62. The topological polar surface area (TPSA) is 55.1 Å². The van der Waals surface area contributed by atoms with E-state index in [4.69, 9.17) is 5.73 Å². The predicted octanol–water partition coefficient (Wildman–Crippen LogP) is 2.81. The van der Waals surface area contributed by atoms with E-state index in [0.717, 1.165) is 12.8 Å². The van der Waals surface area contributed by atoms with Crippen LogP contribution in [0.25, 0.3) is 0 Å². The Morgan fingerprint density at radius 3 is 2.67 bits per heavy atom. The minimum atomic E-state index is -0.376. The van der Waals surface area contributed by atoms with Crippen LogP contribution in [0.1, 0.15) is 25.1 Å². The molecule has 18 heavy (non-hydrogen) atoms. The summed E-state index contributed by atoms with van der Waals surface area (Å²) in [6, 6.07) is 3.82. The highest BCUT2D eigenvalue weighted by atomic mass is 127. The zero-order valence-electron chi connectivity index (χ0n) is 10.6. The second-order valence-corrected chi connectivity index (χ2v) is 7.55. The zero-order valence-corrected chi connectivity index (χ0v) is 14.4. The van der Waals surface area contributed by atoms with Gasteiger partial charge in [-0.05, 0) is 53.5 Å². The highest BCUT2D eigenvalue weighted by Gasteiger charge is 2.14. The van der Waals surface area contributed by atoms with Gasteiger partial charge in [-0.2, -0.15) is 0 Å². The van der Waals surface area contributed by atoms with Crippen molar-refractivity contribution in [2.75, 3.05) is 6.54 Å².